The van der Waals surface area contributed by atoms with Crippen molar-refractivity contribution in [2.45, 2.75) is 13.8 Å². The molecule has 0 aliphatic carbocycles. The number of Topliss-reactive ketones (excluding diaryl/α,β-unsaturated/α-hetero) is 1. The summed E-state index contributed by atoms with van der Waals surface area (Å²) >= 11 is 6.13. The number of amides is 1. The molecular formula is C16H15ClN2O2. The van der Waals surface area contributed by atoms with Gasteiger partial charge >= 0.3 is 0 Å². The number of benzene rings is 2. The van der Waals surface area contributed by atoms with Gasteiger partial charge in [0.1, 0.15) is 0 Å². The van der Waals surface area contributed by atoms with Crippen LogP contribution in [0.3, 0.4) is 0 Å². The van der Waals surface area contributed by atoms with Gasteiger partial charge in [-0.25, -0.2) is 0 Å². The molecule has 21 heavy (non-hydrogen) atoms. The lowest BCUT2D eigenvalue weighted by Gasteiger charge is -2.11. The van der Waals surface area contributed by atoms with E-state index < -0.39 is 0 Å². The summed E-state index contributed by atoms with van der Waals surface area (Å²) in [7, 11) is 0. The van der Waals surface area contributed by atoms with Gasteiger partial charge in [0.2, 0.25) is 5.91 Å². The molecule has 4 nitrogen and oxygen atoms in total. The molecule has 108 valence electrons. The summed E-state index contributed by atoms with van der Waals surface area (Å²) < 4.78 is 0. The molecule has 5 heteroatoms. The molecule has 0 atom stereocenters. The van der Waals surface area contributed by atoms with Crippen molar-refractivity contribution < 1.29 is 9.59 Å². The maximum Gasteiger partial charge on any atom is 0.221 e. The van der Waals surface area contributed by atoms with E-state index in [4.69, 9.17) is 11.6 Å². The first-order chi connectivity index (χ1) is 9.95. The lowest BCUT2D eigenvalue weighted by Crippen LogP contribution is -2.05. The van der Waals surface area contributed by atoms with E-state index in [9.17, 15) is 9.59 Å². The molecule has 2 aromatic rings. The predicted molar refractivity (Wildman–Crippen MR) is 85.5 cm³/mol. The first-order valence-corrected chi connectivity index (χ1v) is 6.78. The van der Waals surface area contributed by atoms with Crippen LogP contribution in [0.25, 0.3) is 0 Å². The van der Waals surface area contributed by atoms with Crippen molar-refractivity contribution in [3.8, 4) is 0 Å². The van der Waals surface area contributed by atoms with Crippen LogP contribution in [0.1, 0.15) is 24.2 Å². The Morgan fingerprint density at radius 1 is 1.00 bits per heavy atom. The van der Waals surface area contributed by atoms with Gasteiger partial charge in [-0.05, 0) is 43.3 Å². The highest BCUT2D eigenvalue weighted by atomic mass is 35.5. The van der Waals surface area contributed by atoms with E-state index in [0.29, 0.717) is 22.0 Å². The minimum atomic E-state index is -0.135. The Balaban J connectivity index is 2.27. The smallest absolute Gasteiger partial charge is 0.221 e. The van der Waals surface area contributed by atoms with E-state index in [2.05, 4.69) is 10.6 Å². The highest BCUT2D eigenvalue weighted by molar-refractivity contribution is 6.33. The van der Waals surface area contributed by atoms with Crippen LogP contribution < -0.4 is 10.6 Å². The van der Waals surface area contributed by atoms with E-state index in [1.54, 1.807) is 30.3 Å². The number of nitrogens with one attached hydrogen (secondary N) is 2. The van der Waals surface area contributed by atoms with Gasteiger partial charge < -0.3 is 10.6 Å². The second-order valence-electron chi connectivity index (χ2n) is 4.64. The SMILES string of the molecule is CC(=O)Nc1cccc(Nc2cc(C(C)=O)ccc2Cl)c1. The highest BCUT2D eigenvalue weighted by Gasteiger charge is 2.06. The van der Waals surface area contributed by atoms with Crippen LogP contribution in [0.5, 0.6) is 0 Å². The maximum absolute atomic E-state index is 11.4. The van der Waals surface area contributed by atoms with Crippen molar-refractivity contribution in [2.24, 2.45) is 0 Å². The summed E-state index contributed by atoms with van der Waals surface area (Å²) in [6, 6.07) is 12.3. The highest BCUT2D eigenvalue weighted by Crippen LogP contribution is 2.27. The van der Waals surface area contributed by atoms with Crippen LogP contribution in [-0.4, -0.2) is 11.7 Å². The van der Waals surface area contributed by atoms with Crippen LogP contribution >= 0.6 is 11.6 Å². The van der Waals surface area contributed by atoms with Gasteiger partial charge in [0.05, 0.1) is 10.7 Å². The zero-order chi connectivity index (χ0) is 15.4. The molecular weight excluding hydrogens is 288 g/mol. The number of hydrogen-bond donors (Lipinski definition) is 2. The molecule has 0 saturated heterocycles. The molecule has 0 heterocycles. The zero-order valence-electron chi connectivity index (χ0n) is 11.7. The average molecular weight is 303 g/mol. The van der Waals surface area contributed by atoms with Crippen LogP contribution in [-0.2, 0) is 4.79 Å². The minimum Gasteiger partial charge on any atom is -0.354 e. The summed E-state index contributed by atoms with van der Waals surface area (Å²) in [6.07, 6.45) is 0. The van der Waals surface area contributed by atoms with Crippen LogP contribution in [0, 0.1) is 0 Å². The number of carbonyl (C=O) groups is 2. The van der Waals surface area contributed by atoms with Crippen molar-refractivity contribution in [3.05, 3.63) is 53.1 Å². The van der Waals surface area contributed by atoms with E-state index in [1.807, 2.05) is 12.1 Å². The maximum atomic E-state index is 11.4. The van der Waals surface area contributed by atoms with Crippen molar-refractivity contribution in [1.29, 1.82) is 0 Å². The molecule has 0 aliphatic heterocycles. The molecule has 0 unspecified atom stereocenters. The molecule has 0 spiro atoms. The topological polar surface area (TPSA) is 58.2 Å². The summed E-state index contributed by atoms with van der Waals surface area (Å²) in [6.45, 7) is 2.96. The summed E-state index contributed by atoms with van der Waals surface area (Å²) in [5.74, 6) is -0.162. The Labute approximate surface area is 128 Å². The summed E-state index contributed by atoms with van der Waals surface area (Å²) in [4.78, 5) is 22.5. The van der Waals surface area contributed by atoms with Crippen LogP contribution in [0.4, 0.5) is 17.1 Å². The summed E-state index contributed by atoms with van der Waals surface area (Å²) in [5.41, 5.74) is 2.68. The Morgan fingerprint density at radius 2 is 1.71 bits per heavy atom. The van der Waals surface area contributed by atoms with E-state index in [0.717, 1.165) is 5.69 Å². The minimum absolute atomic E-state index is 0.0262. The number of rotatable bonds is 4. The van der Waals surface area contributed by atoms with Gasteiger partial charge in [0.25, 0.3) is 0 Å². The number of anilines is 3. The predicted octanol–water partition coefficient (Wildman–Crippen LogP) is 4.24. The van der Waals surface area contributed by atoms with Crippen LogP contribution in [0.15, 0.2) is 42.5 Å². The van der Waals surface area contributed by atoms with Gasteiger partial charge in [0, 0.05) is 23.9 Å². The first-order valence-electron chi connectivity index (χ1n) is 6.41. The first kappa shape index (κ1) is 15.1. The molecule has 2 N–H and O–H groups in total. The van der Waals surface area contributed by atoms with Gasteiger partial charge in [-0.15, -0.1) is 0 Å². The molecule has 2 rings (SSSR count). The molecule has 0 aliphatic rings. The number of halogens is 1. The van der Waals surface area contributed by atoms with Crippen molar-refractivity contribution >= 4 is 40.4 Å². The monoisotopic (exact) mass is 302 g/mol. The average Bonchev–Trinajstić information content (AvgIpc) is 2.40. The standard InChI is InChI=1S/C16H15ClN2O2/c1-10(20)12-6-7-15(17)16(8-12)19-14-5-3-4-13(9-14)18-11(2)21/h3-9,19H,1-2H3,(H,18,21). The third-order valence-electron chi connectivity index (χ3n) is 2.83. The van der Waals surface area contributed by atoms with Crippen molar-refractivity contribution in [1.82, 2.24) is 0 Å². The number of carbonyl (C=O) groups excluding carboxylic acids is 2. The second-order valence-corrected chi connectivity index (χ2v) is 5.05. The van der Waals surface area contributed by atoms with E-state index in [-0.39, 0.29) is 11.7 Å². The third kappa shape index (κ3) is 4.07. The molecule has 0 radical (unpaired) electrons. The van der Waals surface area contributed by atoms with Gasteiger partial charge in [-0.3, -0.25) is 9.59 Å². The molecule has 1 amide bonds. The van der Waals surface area contributed by atoms with Gasteiger partial charge in [-0.2, -0.15) is 0 Å². The normalized spacial score (nSPS) is 10.0. The quantitative estimate of drug-likeness (QED) is 0.830. The molecule has 2 aromatic carbocycles. The third-order valence-corrected chi connectivity index (χ3v) is 3.16. The summed E-state index contributed by atoms with van der Waals surface area (Å²) in [5, 5.41) is 6.37. The second kappa shape index (κ2) is 6.41. The fourth-order valence-corrected chi connectivity index (χ4v) is 2.04. The Morgan fingerprint density at radius 3 is 2.38 bits per heavy atom. The zero-order valence-corrected chi connectivity index (χ0v) is 12.5. The van der Waals surface area contributed by atoms with Gasteiger partial charge in [-0.1, -0.05) is 17.7 Å². The molecule has 0 bridgehead atoms. The lowest BCUT2D eigenvalue weighted by molar-refractivity contribution is -0.114. The van der Waals surface area contributed by atoms with Crippen molar-refractivity contribution in [3.63, 3.8) is 0 Å². The van der Waals surface area contributed by atoms with Crippen LogP contribution in [0.2, 0.25) is 5.02 Å². The fraction of sp³-hybridized carbons (Fsp3) is 0.125. The Bertz CT molecular complexity index is 698. The van der Waals surface area contributed by atoms with E-state index >= 15 is 0 Å². The van der Waals surface area contributed by atoms with E-state index in [1.165, 1.54) is 13.8 Å². The van der Waals surface area contributed by atoms with Gasteiger partial charge in [0.15, 0.2) is 5.78 Å². The molecule has 0 fully saturated rings. The molecule has 0 saturated carbocycles. The number of ketones is 1. The largest absolute Gasteiger partial charge is 0.354 e. The lowest BCUT2D eigenvalue weighted by atomic mass is 10.1. The Kier molecular flexibility index (Phi) is 4.60. The Hall–Kier alpha value is -2.33. The fourth-order valence-electron chi connectivity index (χ4n) is 1.87. The number of hydrogen-bond acceptors (Lipinski definition) is 3. The molecule has 0 aromatic heterocycles. The van der Waals surface area contributed by atoms with Crippen molar-refractivity contribution in [2.75, 3.05) is 10.6 Å².